The average Bonchev–Trinajstić information content (AvgIpc) is 3.37. The van der Waals surface area contributed by atoms with E-state index in [2.05, 4.69) is 224 Å². The Balaban J connectivity index is 1.10. The van der Waals surface area contributed by atoms with Gasteiger partial charge in [-0.15, -0.1) is 0 Å². The molecule has 1 unspecified atom stereocenters. The van der Waals surface area contributed by atoms with Crippen LogP contribution in [0.15, 0.2) is 237 Å². The molecule has 1 N–H and O–H groups in total. The number of rotatable bonds is 8. The largest absolute Gasteiger partial charge is 0.374 e. The fourth-order valence-electron chi connectivity index (χ4n) is 8.83. The molecule has 0 bridgehead atoms. The van der Waals surface area contributed by atoms with Gasteiger partial charge in [0.15, 0.2) is 5.82 Å². The maximum absolute atomic E-state index is 5.30. The predicted molar refractivity (Wildman–Crippen MR) is 258 cm³/mol. The van der Waals surface area contributed by atoms with Crippen molar-refractivity contribution in [3.63, 3.8) is 0 Å². The summed E-state index contributed by atoms with van der Waals surface area (Å²) in [7, 11) is 0. The highest BCUT2D eigenvalue weighted by molar-refractivity contribution is 6.09. The van der Waals surface area contributed by atoms with Crippen LogP contribution >= 0.6 is 0 Å². The standard InChI is InChI=1S/C59H41N3/c1-6-19-40(20-7-1)48-34-49(41-21-8-2-9-22-41)36-50(35-48)56-39-55(61-59(62-56)44-27-14-5-15-28-44)47-31-18-30-45(33-47)53-37-46-29-16-17-32-51(46)57-52(42-23-10-3-11-24-42)38-54(60-58(53)57)43-25-12-4-13-26-43/h1-39,54,60H. The summed E-state index contributed by atoms with van der Waals surface area (Å²) in [6, 6.07) is 81.9. The summed E-state index contributed by atoms with van der Waals surface area (Å²) in [5.41, 5.74) is 17.5. The Morgan fingerprint density at radius 3 is 1.48 bits per heavy atom. The lowest BCUT2D eigenvalue weighted by Gasteiger charge is -2.30. The third-order valence-electron chi connectivity index (χ3n) is 11.9. The molecule has 0 saturated carbocycles. The first-order chi connectivity index (χ1) is 30.7. The molecule has 10 aromatic rings. The molecule has 11 rings (SSSR count). The van der Waals surface area contributed by atoms with Crippen molar-refractivity contribution in [1.29, 1.82) is 0 Å². The summed E-state index contributed by atoms with van der Waals surface area (Å²) in [4.78, 5) is 10.6. The van der Waals surface area contributed by atoms with E-state index in [-0.39, 0.29) is 6.04 Å². The molecular formula is C59H41N3. The van der Waals surface area contributed by atoms with Gasteiger partial charge in [0.2, 0.25) is 0 Å². The van der Waals surface area contributed by atoms with Crippen LogP contribution < -0.4 is 5.32 Å². The van der Waals surface area contributed by atoms with E-state index in [0.29, 0.717) is 5.82 Å². The number of anilines is 1. The summed E-state index contributed by atoms with van der Waals surface area (Å²) in [6.45, 7) is 0. The van der Waals surface area contributed by atoms with E-state index >= 15 is 0 Å². The summed E-state index contributed by atoms with van der Waals surface area (Å²) < 4.78 is 0. The van der Waals surface area contributed by atoms with Crippen LogP contribution in [0, 0.1) is 0 Å². The van der Waals surface area contributed by atoms with Gasteiger partial charge in [-0.2, -0.15) is 0 Å². The van der Waals surface area contributed by atoms with Gasteiger partial charge in [-0.1, -0.05) is 194 Å². The molecule has 3 heteroatoms. The molecule has 62 heavy (non-hydrogen) atoms. The minimum absolute atomic E-state index is 0.0210. The predicted octanol–water partition coefficient (Wildman–Crippen LogP) is 15.2. The second-order valence-corrected chi connectivity index (χ2v) is 15.8. The molecule has 0 fully saturated rings. The van der Waals surface area contributed by atoms with Crippen molar-refractivity contribution in [1.82, 2.24) is 9.97 Å². The van der Waals surface area contributed by atoms with Crippen LogP contribution in [-0.4, -0.2) is 9.97 Å². The van der Waals surface area contributed by atoms with Crippen molar-refractivity contribution in [2.24, 2.45) is 0 Å². The molecule has 0 aliphatic carbocycles. The van der Waals surface area contributed by atoms with Crippen LogP contribution in [0.2, 0.25) is 0 Å². The van der Waals surface area contributed by atoms with Gasteiger partial charge in [0.25, 0.3) is 0 Å². The Labute approximate surface area is 362 Å². The van der Waals surface area contributed by atoms with Gasteiger partial charge < -0.3 is 5.32 Å². The van der Waals surface area contributed by atoms with Crippen molar-refractivity contribution in [2.45, 2.75) is 6.04 Å². The first-order valence-electron chi connectivity index (χ1n) is 21.2. The number of hydrogen-bond acceptors (Lipinski definition) is 3. The fourth-order valence-corrected chi connectivity index (χ4v) is 8.83. The minimum Gasteiger partial charge on any atom is -0.374 e. The van der Waals surface area contributed by atoms with Crippen molar-refractivity contribution in [3.05, 3.63) is 253 Å². The van der Waals surface area contributed by atoms with Crippen LogP contribution in [0.1, 0.15) is 22.7 Å². The zero-order chi connectivity index (χ0) is 41.2. The Kier molecular flexibility index (Phi) is 9.61. The lowest BCUT2D eigenvalue weighted by molar-refractivity contribution is 0.975. The lowest BCUT2D eigenvalue weighted by atomic mass is 9.83. The molecule has 0 saturated heterocycles. The van der Waals surface area contributed by atoms with Gasteiger partial charge in [-0.05, 0) is 97.8 Å². The fraction of sp³-hybridized carbons (Fsp3) is 0.0169. The Morgan fingerprint density at radius 2 is 0.839 bits per heavy atom. The highest BCUT2D eigenvalue weighted by Gasteiger charge is 2.27. The monoisotopic (exact) mass is 791 g/mol. The van der Waals surface area contributed by atoms with Crippen LogP contribution in [0.25, 0.3) is 83.6 Å². The van der Waals surface area contributed by atoms with E-state index < -0.39 is 0 Å². The Hall–Kier alpha value is -8.14. The van der Waals surface area contributed by atoms with Crippen LogP contribution in [-0.2, 0) is 0 Å². The molecule has 3 nitrogen and oxygen atoms in total. The summed E-state index contributed by atoms with van der Waals surface area (Å²) in [5.74, 6) is 0.683. The van der Waals surface area contributed by atoms with Crippen LogP contribution in [0.5, 0.6) is 0 Å². The van der Waals surface area contributed by atoms with Gasteiger partial charge in [-0.3, -0.25) is 0 Å². The first-order valence-corrected chi connectivity index (χ1v) is 21.2. The van der Waals surface area contributed by atoms with E-state index in [4.69, 9.17) is 9.97 Å². The smallest absolute Gasteiger partial charge is 0.160 e. The van der Waals surface area contributed by atoms with E-state index in [1.54, 1.807) is 0 Å². The normalized spacial score (nSPS) is 13.2. The molecule has 1 atom stereocenters. The second-order valence-electron chi connectivity index (χ2n) is 15.8. The zero-order valence-corrected chi connectivity index (χ0v) is 34.0. The number of aromatic nitrogens is 2. The van der Waals surface area contributed by atoms with Crippen molar-refractivity contribution in [2.75, 3.05) is 5.32 Å². The highest BCUT2D eigenvalue weighted by atomic mass is 14.9. The minimum atomic E-state index is -0.0210. The van der Waals surface area contributed by atoms with E-state index in [1.807, 2.05) is 18.2 Å². The molecule has 1 aliphatic heterocycles. The average molecular weight is 792 g/mol. The first kappa shape index (κ1) is 36.9. The van der Waals surface area contributed by atoms with E-state index in [1.165, 1.54) is 33.0 Å². The Morgan fingerprint density at radius 1 is 0.355 bits per heavy atom. The van der Waals surface area contributed by atoms with E-state index in [9.17, 15) is 0 Å². The maximum Gasteiger partial charge on any atom is 0.160 e. The number of nitrogens with zero attached hydrogens (tertiary/aromatic N) is 2. The van der Waals surface area contributed by atoms with Gasteiger partial charge in [0.05, 0.1) is 23.1 Å². The van der Waals surface area contributed by atoms with Crippen molar-refractivity contribution >= 4 is 22.0 Å². The third kappa shape index (κ3) is 7.16. The van der Waals surface area contributed by atoms with Crippen molar-refractivity contribution < 1.29 is 0 Å². The number of nitrogens with one attached hydrogen (secondary N) is 1. The SMILES string of the molecule is C1=C(c2ccccc2)c2c(c(-c3cccc(-c4cc(-c5cc(-c6ccccc6)cc(-c6ccccc6)c5)nc(-c5ccccc5)n4)c3)cc3ccccc23)NC1c1ccccc1. The zero-order valence-electron chi connectivity index (χ0n) is 34.0. The molecule has 0 amide bonds. The quantitative estimate of drug-likeness (QED) is 0.167. The Bertz CT molecular complexity index is 3180. The summed E-state index contributed by atoms with van der Waals surface area (Å²) >= 11 is 0. The second kappa shape index (κ2) is 16.1. The van der Waals surface area contributed by atoms with Gasteiger partial charge in [-0.25, -0.2) is 9.97 Å². The molecule has 1 aliphatic rings. The van der Waals surface area contributed by atoms with Gasteiger partial charge >= 0.3 is 0 Å². The molecule has 292 valence electrons. The maximum atomic E-state index is 5.30. The van der Waals surface area contributed by atoms with E-state index in [0.717, 1.165) is 67.1 Å². The summed E-state index contributed by atoms with van der Waals surface area (Å²) in [5, 5.41) is 6.44. The lowest BCUT2D eigenvalue weighted by Crippen LogP contribution is -2.16. The van der Waals surface area contributed by atoms with Crippen molar-refractivity contribution in [3.8, 4) is 67.3 Å². The van der Waals surface area contributed by atoms with Gasteiger partial charge in [0.1, 0.15) is 0 Å². The van der Waals surface area contributed by atoms with Crippen LogP contribution in [0.3, 0.4) is 0 Å². The number of fused-ring (bicyclic) bond motifs is 3. The number of hydrogen-bond donors (Lipinski definition) is 1. The molecule has 0 radical (unpaired) electrons. The molecular weight excluding hydrogens is 751 g/mol. The molecule has 9 aromatic carbocycles. The molecule has 0 spiro atoms. The molecule has 1 aromatic heterocycles. The topological polar surface area (TPSA) is 37.8 Å². The molecule has 2 heterocycles. The number of benzene rings is 9. The van der Waals surface area contributed by atoms with Gasteiger partial charge in [0, 0.05) is 27.8 Å². The highest BCUT2D eigenvalue weighted by Crippen LogP contribution is 2.48. The third-order valence-corrected chi connectivity index (χ3v) is 11.9. The summed E-state index contributed by atoms with van der Waals surface area (Å²) in [6.07, 6.45) is 2.39. The van der Waals surface area contributed by atoms with Crippen LogP contribution in [0.4, 0.5) is 5.69 Å².